The quantitative estimate of drug-likeness (QED) is 0.224. The van der Waals surface area contributed by atoms with E-state index >= 15 is 0 Å². The van der Waals surface area contributed by atoms with Crippen LogP contribution in [0.3, 0.4) is 0 Å². The molecule has 0 saturated carbocycles. The van der Waals surface area contributed by atoms with Crippen molar-refractivity contribution < 1.29 is 37.9 Å². The maximum absolute atomic E-state index is 10.7. The maximum atomic E-state index is 10.7. The number of carbonyl (C=O) groups excluding carboxylic acids is 1. The molecular formula is C9H10Cl2IN3O2S. The molecule has 0 aliphatic heterocycles. The molecule has 0 atom stereocenters. The van der Waals surface area contributed by atoms with Crippen LogP contribution in [-0.2, 0) is 4.18 Å². The number of benzene rings is 1. The molecule has 0 aliphatic rings. The SMILES string of the molecule is CSOC(NC(N)=O)=[NH+]c1c(Cl)cccc1Cl.[I-]. The normalized spacial score (nSPS) is 10.5. The van der Waals surface area contributed by atoms with Crippen LogP contribution in [0.15, 0.2) is 18.2 Å². The number of hydrogen-bond acceptors (Lipinski definition) is 3. The molecule has 0 aromatic heterocycles. The molecule has 0 unspecified atom stereocenters. The fraction of sp³-hybridized carbons (Fsp3) is 0.111. The largest absolute Gasteiger partial charge is 1.00 e. The van der Waals surface area contributed by atoms with E-state index in [1.807, 2.05) is 0 Å². The Morgan fingerprint density at radius 3 is 2.44 bits per heavy atom. The molecule has 100 valence electrons. The molecule has 0 bridgehead atoms. The minimum atomic E-state index is -0.760. The standard InChI is InChI=1S/C9H9Cl2N3O2S.HI/c1-17-16-9(14-8(12)15)13-7-5(10)3-2-4-6(7)11;/h2-4H,1H3,(H3,12,13,14,15);1H. The Labute approximate surface area is 136 Å². The number of nitrogens with one attached hydrogen (secondary N) is 2. The van der Waals surface area contributed by atoms with Gasteiger partial charge in [0.15, 0.2) is 5.69 Å². The zero-order chi connectivity index (χ0) is 12.8. The molecule has 0 heterocycles. The summed E-state index contributed by atoms with van der Waals surface area (Å²) in [5, 5.41) is 3.06. The van der Waals surface area contributed by atoms with Crippen LogP contribution in [0, 0.1) is 0 Å². The molecule has 0 radical (unpaired) electrons. The van der Waals surface area contributed by atoms with Crippen molar-refractivity contribution in [3.63, 3.8) is 0 Å². The fourth-order valence-electron chi connectivity index (χ4n) is 0.999. The third-order valence-corrected chi connectivity index (χ3v) is 2.57. The van der Waals surface area contributed by atoms with Crippen molar-refractivity contribution in [2.75, 3.05) is 6.26 Å². The summed E-state index contributed by atoms with van der Waals surface area (Å²) < 4.78 is 5.06. The Hall–Kier alpha value is -0.380. The van der Waals surface area contributed by atoms with Crippen LogP contribution < -0.4 is 40.0 Å². The third-order valence-electron chi connectivity index (χ3n) is 1.60. The second-order valence-electron chi connectivity index (χ2n) is 2.79. The van der Waals surface area contributed by atoms with Crippen LogP contribution in [0.1, 0.15) is 0 Å². The summed E-state index contributed by atoms with van der Waals surface area (Å²) in [7, 11) is 0. The van der Waals surface area contributed by atoms with E-state index in [1.54, 1.807) is 24.5 Å². The molecular weight excluding hydrogens is 412 g/mol. The summed E-state index contributed by atoms with van der Waals surface area (Å²) in [5.41, 5.74) is 5.41. The Morgan fingerprint density at radius 2 is 2.00 bits per heavy atom. The molecule has 5 nitrogen and oxygen atoms in total. The molecule has 4 N–H and O–H groups in total. The van der Waals surface area contributed by atoms with Gasteiger partial charge in [0.1, 0.15) is 0 Å². The van der Waals surface area contributed by atoms with Crippen molar-refractivity contribution in [1.29, 1.82) is 0 Å². The predicted molar refractivity (Wildman–Crippen MR) is 69.4 cm³/mol. The first-order chi connectivity index (χ1) is 8.04. The summed E-state index contributed by atoms with van der Waals surface area (Å²) in [6.07, 6.45) is 1.68. The van der Waals surface area contributed by atoms with Gasteiger partial charge in [-0.15, -0.1) is 0 Å². The highest BCUT2D eigenvalue weighted by molar-refractivity contribution is 7.94. The van der Waals surface area contributed by atoms with Crippen molar-refractivity contribution in [3.8, 4) is 0 Å². The van der Waals surface area contributed by atoms with Gasteiger partial charge < -0.3 is 33.9 Å². The third kappa shape index (κ3) is 5.51. The lowest BCUT2D eigenvalue weighted by molar-refractivity contribution is -0.365. The number of carbonyl (C=O) groups is 1. The van der Waals surface area contributed by atoms with Gasteiger partial charge in [-0.1, -0.05) is 29.3 Å². The Morgan fingerprint density at radius 1 is 1.44 bits per heavy atom. The van der Waals surface area contributed by atoms with Gasteiger partial charge in [0.25, 0.3) is 0 Å². The van der Waals surface area contributed by atoms with Gasteiger partial charge >= 0.3 is 12.1 Å². The Kier molecular flexibility index (Phi) is 8.49. The molecule has 1 aromatic rings. The molecule has 2 amide bonds. The van der Waals surface area contributed by atoms with Crippen LogP contribution in [0.2, 0.25) is 10.0 Å². The van der Waals surface area contributed by atoms with Gasteiger partial charge in [-0.2, -0.15) is 5.32 Å². The molecule has 18 heavy (non-hydrogen) atoms. The highest BCUT2D eigenvalue weighted by atomic mass is 127. The van der Waals surface area contributed by atoms with E-state index in [0.717, 1.165) is 12.0 Å². The minimum Gasteiger partial charge on any atom is -1.00 e. The van der Waals surface area contributed by atoms with Crippen LogP contribution in [-0.4, -0.2) is 18.3 Å². The highest BCUT2D eigenvalue weighted by Gasteiger charge is 2.15. The number of amidine groups is 1. The Bertz CT molecular complexity index is 439. The topological polar surface area (TPSA) is 78.3 Å². The van der Waals surface area contributed by atoms with E-state index in [4.69, 9.17) is 33.1 Å². The van der Waals surface area contributed by atoms with Gasteiger partial charge in [-0.3, -0.25) is 0 Å². The van der Waals surface area contributed by atoms with Crippen molar-refractivity contribution >= 4 is 53.0 Å². The predicted octanol–water partition coefficient (Wildman–Crippen LogP) is -1.97. The van der Waals surface area contributed by atoms with Crippen molar-refractivity contribution in [1.82, 2.24) is 5.32 Å². The lowest BCUT2D eigenvalue weighted by Gasteiger charge is -2.01. The van der Waals surface area contributed by atoms with E-state index in [0.29, 0.717) is 15.7 Å². The number of urea groups is 1. The van der Waals surface area contributed by atoms with Crippen LogP contribution >= 0.6 is 35.2 Å². The first-order valence-corrected chi connectivity index (χ1v) is 6.30. The molecule has 0 aliphatic carbocycles. The Balaban J connectivity index is 0.00000289. The van der Waals surface area contributed by atoms with Crippen LogP contribution in [0.5, 0.6) is 0 Å². The number of nitrogens with two attached hydrogens (primary N) is 1. The zero-order valence-corrected chi connectivity index (χ0v) is 13.7. The second-order valence-corrected chi connectivity index (χ2v) is 4.10. The lowest BCUT2D eigenvalue weighted by atomic mass is 10.3. The first kappa shape index (κ1) is 17.6. The van der Waals surface area contributed by atoms with Gasteiger partial charge in [-0.05, 0) is 12.1 Å². The molecule has 0 saturated heterocycles. The first-order valence-electron chi connectivity index (χ1n) is 4.39. The minimum absolute atomic E-state index is 0. The summed E-state index contributed by atoms with van der Waals surface area (Å²) in [6.45, 7) is 0. The molecule has 0 spiro atoms. The fourth-order valence-corrected chi connectivity index (χ4v) is 1.74. The smallest absolute Gasteiger partial charge is 0.468 e. The number of rotatable bonds is 2. The maximum Gasteiger partial charge on any atom is 0.468 e. The van der Waals surface area contributed by atoms with E-state index in [2.05, 4.69) is 10.3 Å². The number of hydrogen-bond donors (Lipinski definition) is 3. The number of para-hydroxylation sites is 1. The van der Waals surface area contributed by atoms with E-state index in [1.165, 1.54) is 0 Å². The van der Waals surface area contributed by atoms with Crippen molar-refractivity contribution in [2.45, 2.75) is 0 Å². The number of amides is 2. The second kappa shape index (κ2) is 8.68. The van der Waals surface area contributed by atoms with Gasteiger partial charge in [0.05, 0.1) is 22.1 Å². The van der Waals surface area contributed by atoms with Gasteiger partial charge in [0, 0.05) is 6.26 Å². The monoisotopic (exact) mass is 421 g/mol. The molecule has 1 aromatic carbocycles. The zero-order valence-electron chi connectivity index (χ0n) is 9.17. The lowest BCUT2D eigenvalue weighted by Crippen LogP contribution is -3.00. The molecule has 1 rings (SSSR count). The molecule has 0 fully saturated rings. The van der Waals surface area contributed by atoms with Gasteiger partial charge in [-0.25, -0.2) is 9.79 Å². The van der Waals surface area contributed by atoms with Crippen LogP contribution in [0.4, 0.5) is 10.5 Å². The summed E-state index contributed by atoms with van der Waals surface area (Å²) in [6, 6.07) is 4.28. The average molecular weight is 422 g/mol. The van der Waals surface area contributed by atoms with E-state index < -0.39 is 6.03 Å². The van der Waals surface area contributed by atoms with Crippen LogP contribution in [0.25, 0.3) is 0 Å². The van der Waals surface area contributed by atoms with E-state index in [-0.39, 0.29) is 30.0 Å². The molecule has 9 heteroatoms. The average Bonchev–Trinajstić information content (AvgIpc) is 2.23. The van der Waals surface area contributed by atoms with Crippen molar-refractivity contribution in [3.05, 3.63) is 28.2 Å². The van der Waals surface area contributed by atoms with E-state index in [9.17, 15) is 4.79 Å². The summed E-state index contributed by atoms with van der Waals surface area (Å²) in [5.74, 6) is 0. The summed E-state index contributed by atoms with van der Waals surface area (Å²) >= 11 is 12.9. The van der Waals surface area contributed by atoms with Gasteiger partial charge in [0.2, 0.25) is 0 Å². The highest BCUT2D eigenvalue weighted by Crippen LogP contribution is 2.24. The van der Waals surface area contributed by atoms with Crippen molar-refractivity contribution in [2.24, 2.45) is 5.73 Å². The summed E-state index contributed by atoms with van der Waals surface area (Å²) in [4.78, 5) is 13.5. The number of primary amides is 1. The number of halogens is 3.